The normalized spacial score (nSPS) is 11.5. The maximum absolute atomic E-state index is 13.3. The van der Waals surface area contributed by atoms with E-state index in [-0.39, 0.29) is 11.1 Å². The predicted octanol–water partition coefficient (Wildman–Crippen LogP) is 4.75. The molecule has 0 bridgehead atoms. The number of hydrogen-bond donors (Lipinski definition) is 0. The minimum absolute atomic E-state index is 0.205. The van der Waals surface area contributed by atoms with Gasteiger partial charge in [0.05, 0.1) is 5.56 Å². The monoisotopic (exact) mass is 350 g/mol. The van der Waals surface area contributed by atoms with Crippen LogP contribution in [0, 0.1) is 29.1 Å². The molecular formula is C15H7F7NO. The Bertz CT molecular complexity index is 730. The molecule has 0 atom stereocenters. The molecule has 0 saturated heterocycles. The number of alkyl halides is 2. The zero-order chi connectivity index (χ0) is 17.9. The molecule has 0 spiro atoms. The summed E-state index contributed by atoms with van der Waals surface area (Å²) in [5, 5.41) is 3.17. The Labute approximate surface area is 131 Å². The standard InChI is InChI=1S/C15H7F7NO/c16-10-9(11(17)13(19)14(20)12(10)18)6-24-23-5-7-1-3-8(4-2-7)15(21)22/h1-4,15H,6H2. The molecule has 2 nitrogen and oxygen atoms in total. The van der Waals surface area contributed by atoms with Gasteiger partial charge in [0.1, 0.15) is 12.8 Å². The van der Waals surface area contributed by atoms with Gasteiger partial charge in [-0.2, -0.15) is 0 Å². The quantitative estimate of drug-likeness (QED) is 0.251. The van der Waals surface area contributed by atoms with Crippen molar-refractivity contribution in [2.75, 3.05) is 0 Å². The van der Waals surface area contributed by atoms with E-state index >= 15 is 0 Å². The summed E-state index contributed by atoms with van der Waals surface area (Å²) in [6.07, 6.45) is -0.439. The molecule has 0 saturated carbocycles. The number of nitrogens with zero attached hydrogens (tertiary/aromatic N) is 1. The van der Waals surface area contributed by atoms with E-state index in [9.17, 15) is 30.7 Å². The van der Waals surface area contributed by atoms with E-state index in [1.54, 1.807) is 0 Å². The molecule has 0 heterocycles. The third-order valence-corrected chi connectivity index (χ3v) is 2.91. The molecule has 0 aliphatic rings. The van der Waals surface area contributed by atoms with Gasteiger partial charge in [0.25, 0.3) is 6.43 Å². The highest BCUT2D eigenvalue weighted by molar-refractivity contribution is 5.79. The molecule has 24 heavy (non-hydrogen) atoms. The molecular weight excluding hydrogens is 343 g/mol. The van der Waals surface area contributed by atoms with Crippen LogP contribution in [0.5, 0.6) is 0 Å². The zero-order valence-corrected chi connectivity index (χ0v) is 11.6. The highest BCUT2D eigenvalue weighted by Gasteiger charge is 2.25. The van der Waals surface area contributed by atoms with Crippen molar-refractivity contribution in [2.45, 2.75) is 13.0 Å². The highest BCUT2D eigenvalue weighted by Crippen LogP contribution is 2.23. The Kier molecular flexibility index (Phi) is 5.42. The van der Waals surface area contributed by atoms with Crippen LogP contribution < -0.4 is 0 Å². The summed E-state index contributed by atoms with van der Waals surface area (Å²) >= 11 is 0. The second-order valence-corrected chi connectivity index (χ2v) is 4.45. The first-order valence-corrected chi connectivity index (χ1v) is 6.29. The summed E-state index contributed by atoms with van der Waals surface area (Å²) in [6.45, 7) is -1.03. The average molecular weight is 350 g/mol. The van der Waals surface area contributed by atoms with Crippen LogP contribution in [0.1, 0.15) is 23.1 Å². The van der Waals surface area contributed by atoms with Gasteiger partial charge in [-0.15, -0.1) is 0 Å². The third kappa shape index (κ3) is 3.66. The molecule has 0 N–H and O–H groups in total. The molecule has 9 heteroatoms. The molecule has 127 valence electrons. The van der Waals surface area contributed by atoms with Gasteiger partial charge < -0.3 is 4.84 Å². The molecule has 2 aromatic rings. The Hall–Kier alpha value is -2.58. The van der Waals surface area contributed by atoms with Crippen LogP contribution in [0.2, 0.25) is 0 Å². The van der Waals surface area contributed by atoms with E-state index in [0.717, 1.165) is 12.1 Å². The van der Waals surface area contributed by atoms with Crippen molar-refractivity contribution in [3.05, 3.63) is 70.0 Å². The van der Waals surface area contributed by atoms with E-state index in [4.69, 9.17) is 0 Å². The van der Waals surface area contributed by atoms with Crippen molar-refractivity contribution < 1.29 is 35.6 Å². The molecule has 2 aromatic carbocycles. The van der Waals surface area contributed by atoms with Crippen molar-refractivity contribution in [3.8, 4) is 0 Å². The fraction of sp³-hybridized carbons (Fsp3) is 0.133. The van der Waals surface area contributed by atoms with E-state index in [1.807, 2.05) is 0 Å². The van der Waals surface area contributed by atoms with Gasteiger partial charge >= 0.3 is 0 Å². The van der Waals surface area contributed by atoms with Crippen molar-refractivity contribution in [2.24, 2.45) is 5.16 Å². The van der Waals surface area contributed by atoms with Gasteiger partial charge in [0, 0.05) is 11.1 Å². The molecule has 0 aromatic heterocycles. The van der Waals surface area contributed by atoms with Gasteiger partial charge in [-0.1, -0.05) is 29.4 Å². The van der Waals surface area contributed by atoms with E-state index in [0.29, 0.717) is 0 Å². The summed E-state index contributed by atoms with van der Waals surface area (Å²) in [5.74, 6) is -10.5. The zero-order valence-electron chi connectivity index (χ0n) is 11.6. The fourth-order valence-electron chi connectivity index (χ4n) is 1.66. The Morgan fingerprint density at radius 2 is 1.33 bits per heavy atom. The predicted molar refractivity (Wildman–Crippen MR) is 69.0 cm³/mol. The summed E-state index contributed by atoms with van der Waals surface area (Å²) in [4.78, 5) is 4.44. The second kappa shape index (κ2) is 7.33. The van der Waals surface area contributed by atoms with Crippen LogP contribution in [-0.4, -0.2) is 6.21 Å². The number of benzene rings is 2. The van der Waals surface area contributed by atoms with Crippen molar-refractivity contribution >= 4 is 6.21 Å². The van der Waals surface area contributed by atoms with Gasteiger partial charge in [0.15, 0.2) is 23.3 Å². The highest BCUT2D eigenvalue weighted by atomic mass is 19.3. The lowest BCUT2D eigenvalue weighted by Gasteiger charge is -2.06. The summed E-state index contributed by atoms with van der Waals surface area (Å²) in [6, 6.07) is 4.67. The van der Waals surface area contributed by atoms with E-state index < -0.39 is 47.7 Å². The first-order chi connectivity index (χ1) is 11.3. The van der Waals surface area contributed by atoms with Crippen LogP contribution >= 0.6 is 0 Å². The van der Waals surface area contributed by atoms with Crippen LogP contribution in [0.15, 0.2) is 29.4 Å². The van der Waals surface area contributed by atoms with Crippen LogP contribution in [-0.2, 0) is 11.4 Å². The minimum Gasteiger partial charge on any atom is -0.390 e. The van der Waals surface area contributed by atoms with Crippen LogP contribution in [0.25, 0.3) is 0 Å². The maximum atomic E-state index is 13.3. The number of rotatable bonds is 5. The second-order valence-electron chi connectivity index (χ2n) is 4.45. The lowest BCUT2D eigenvalue weighted by atomic mass is 10.1. The first kappa shape index (κ1) is 17.8. The van der Waals surface area contributed by atoms with E-state index in [2.05, 4.69) is 16.2 Å². The number of hydrogen-bond acceptors (Lipinski definition) is 2. The SMILES string of the molecule is Fc1c(F)c(F)c(CO/N=[C]\c2ccc(C(F)F)cc2)c(F)c1F. The lowest BCUT2D eigenvalue weighted by molar-refractivity contribution is 0.124. The molecule has 1 radical (unpaired) electrons. The van der Waals surface area contributed by atoms with Crippen LogP contribution in [0.4, 0.5) is 30.7 Å². The van der Waals surface area contributed by atoms with Crippen molar-refractivity contribution in [3.63, 3.8) is 0 Å². The average Bonchev–Trinajstić information content (AvgIpc) is 2.58. The fourth-order valence-corrected chi connectivity index (χ4v) is 1.66. The van der Waals surface area contributed by atoms with Gasteiger partial charge in [0.2, 0.25) is 5.82 Å². The summed E-state index contributed by atoms with van der Waals surface area (Å²) in [5.41, 5.74) is -1.22. The third-order valence-electron chi connectivity index (χ3n) is 2.91. The molecule has 0 unspecified atom stereocenters. The van der Waals surface area contributed by atoms with E-state index in [1.165, 1.54) is 12.1 Å². The lowest BCUT2D eigenvalue weighted by Crippen LogP contribution is -2.07. The molecule has 0 aliphatic heterocycles. The minimum atomic E-state index is -2.65. The number of halogens is 7. The Morgan fingerprint density at radius 1 is 0.833 bits per heavy atom. The van der Waals surface area contributed by atoms with Gasteiger partial charge in [-0.05, 0) is 0 Å². The van der Waals surface area contributed by atoms with Crippen LogP contribution in [0.3, 0.4) is 0 Å². The molecule has 0 aliphatic carbocycles. The maximum Gasteiger partial charge on any atom is 0.263 e. The molecule has 2 rings (SSSR count). The first-order valence-electron chi connectivity index (χ1n) is 6.29. The van der Waals surface area contributed by atoms with Crippen molar-refractivity contribution in [1.29, 1.82) is 0 Å². The molecule has 0 fully saturated rings. The van der Waals surface area contributed by atoms with Crippen molar-refractivity contribution in [1.82, 2.24) is 0 Å². The van der Waals surface area contributed by atoms with Gasteiger partial charge in [-0.3, -0.25) is 0 Å². The summed E-state index contributed by atoms with van der Waals surface area (Å²) in [7, 11) is 0. The molecule has 0 amide bonds. The topological polar surface area (TPSA) is 21.6 Å². The smallest absolute Gasteiger partial charge is 0.263 e. The summed E-state index contributed by atoms with van der Waals surface area (Å²) < 4.78 is 90.1. The largest absolute Gasteiger partial charge is 0.390 e. The van der Waals surface area contributed by atoms with Gasteiger partial charge in [-0.25, -0.2) is 30.7 Å². The Morgan fingerprint density at radius 3 is 1.83 bits per heavy atom. The Balaban J connectivity index is 2.07.